The van der Waals surface area contributed by atoms with E-state index in [-0.39, 0.29) is 0 Å². The van der Waals surface area contributed by atoms with E-state index in [1.54, 1.807) is 0 Å². The molecule has 2 rings (SSSR count). The van der Waals surface area contributed by atoms with E-state index >= 15 is 0 Å². The number of carboxylic acid groups (broad SMARTS) is 2. The van der Waals surface area contributed by atoms with Crippen molar-refractivity contribution in [2.24, 2.45) is 11.7 Å². The van der Waals surface area contributed by atoms with Crippen LogP contribution in [0.4, 0.5) is 26.3 Å². The van der Waals surface area contributed by atoms with Gasteiger partial charge in [0.15, 0.2) is 0 Å². The Bertz CT molecular complexity index is 378. The van der Waals surface area contributed by atoms with Gasteiger partial charge in [0.05, 0.1) is 0 Å². The first-order valence-electron chi connectivity index (χ1n) is 6.31. The van der Waals surface area contributed by atoms with Crippen LogP contribution >= 0.6 is 0 Å². The van der Waals surface area contributed by atoms with Gasteiger partial charge in [-0.1, -0.05) is 0 Å². The number of alkyl halides is 6. The molecule has 23 heavy (non-hydrogen) atoms. The van der Waals surface area contributed by atoms with Crippen molar-refractivity contribution in [3.63, 3.8) is 0 Å². The Morgan fingerprint density at radius 1 is 0.957 bits per heavy atom. The second-order valence-electron chi connectivity index (χ2n) is 5.03. The Kier molecular flexibility index (Phi) is 7.77. The fourth-order valence-electron chi connectivity index (χ4n) is 1.42. The molecule has 2 aliphatic rings. The molecule has 0 unspecified atom stereocenters. The Morgan fingerprint density at radius 2 is 1.26 bits per heavy atom. The van der Waals surface area contributed by atoms with Crippen LogP contribution in [0.3, 0.4) is 0 Å². The largest absolute Gasteiger partial charge is 0.490 e. The molecule has 1 saturated heterocycles. The highest BCUT2D eigenvalue weighted by Gasteiger charge is 2.38. The molecule has 6 nitrogen and oxygen atoms in total. The van der Waals surface area contributed by atoms with Crippen molar-refractivity contribution >= 4 is 11.9 Å². The summed E-state index contributed by atoms with van der Waals surface area (Å²) in [7, 11) is 0. The number of carboxylic acids is 2. The molecular weight excluding hydrogens is 338 g/mol. The summed E-state index contributed by atoms with van der Waals surface area (Å²) in [6, 6.07) is 0.490. The van der Waals surface area contributed by atoms with Crippen LogP contribution in [-0.4, -0.2) is 65.1 Å². The summed E-state index contributed by atoms with van der Waals surface area (Å²) in [5.41, 5.74) is 5.62. The Hall–Kier alpha value is -1.56. The molecule has 1 heterocycles. The average molecular weight is 354 g/mol. The predicted octanol–water partition coefficient (Wildman–Crippen LogP) is 1.31. The first-order chi connectivity index (χ1) is 10.2. The molecule has 2 fully saturated rings. The molecule has 0 aromatic carbocycles. The van der Waals surface area contributed by atoms with Crippen molar-refractivity contribution in [2.45, 2.75) is 31.2 Å². The van der Waals surface area contributed by atoms with Crippen LogP contribution in [-0.2, 0) is 9.59 Å². The molecule has 1 saturated carbocycles. The molecular formula is C11H16F6N2O4. The zero-order chi connectivity index (χ0) is 18.4. The normalized spacial score (nSPS) is 18.7. The van der Waals surface area contributed by atoms with E-state index in [0.717, 1.165) is 19.0 Å². The van der Waals surface area contributed by atoms with Crippen molar-refractivity contribution in [1.82, 2.24) is 4.90 Å². The average Bonchev–Trinajstić information content (AvgIpc) is 3.10. The number of likely N-dealkylation sites (tertiary alicyclic amines) is 1. The molecule has 0 amide bonds. The fourth-order valence-corrected chi connectivity index (χ4v) is 1.42. The zero-order valence-corrected chi connectivity index (χ0v) is 11.7. The quantitative estimate of drug-likeness (QED) is 0.646. The second-order valence-corrected chi connectivity index (χ2v) is 5.03. The van der Waals surface area contributed by atoms with Gasteiger partial charge in [0.25, 0.3) is 0 Å². The predicted molar refractivity (Wildman–Crippen MR) is 64.5 cm³/mol. The summed E-state index contributed by atoms with van der Waals surface area (Å²) in [5, 5.41) is 14.2. The fraction of sp³-hybridized carbons (Fsp3) is 0.818. The number of rotatable bonds is 2. The van der Waals surface area contributed by atoms with Gasteiger partial charge in [-0.25, -0.2) is 9.59 Å². The van der Waals surface area contributed by atoms with Gasteiger partial charge in [-0.05, 0) is 18.8 Å². The molecule has 0 atom stereocenters. The van der Waals surface area contributed by atoms with E-state index in [9.17, 15) is 26.3 Å². The van der Waals surface area contributed by atoms with Crippen LogP contribution in [0, 0.1) is 5.92 Å². The van der Waals surface area contributed by atoms with E-state index in [1.165, 1.54) is 19.4 Å². The Morgan fingerprint density at radius 3 is 1.43 bits per heavy atom. The molecule has 1 aliphatic heterocycles. The summed E-state index contributed by atoms with van der Waals surface area (Å²) < 4.78 is 63.5. The number of carbonyl (C=O) groups is 2. The van der Waals surface area contributed by atoms with Crippen molar-refractivity contribution < 1.29 is 46.1 Å². The lowest BCUT2D eigenvalue weighted by Crippen LogP contribution is -2.56. The van der Waals surface area contributed by atoms with Crippen LogP contribution in [0.25, 0.3) is 0 Å². The molecule has 0 bridgehead atoms. The number of hydrogen-bond donors (Lipinski definition) is 3. The topological polar surface area (TPSA) is 104 Å². The van der Waals surface area contributed by atoms with E-state index in [1.807, 2.05) is 0 Å². The summed E-state index contributed by atoms with van der Waals surface area (Å²) in [6.07, 6.45) is -7.24. The number of halogens is 6. The first-order valence-corrected chi connectivity index (χ1v) is 6.31. The maximum Gasteiger partial charge on any atom is 0.490 e. The molecule has 4 N–H and O–H groups in total. The van der Waals surface area contributed by atoms with Gasteiger partial charge < -0.3 is 15.9 Å². The highest BCUT2D eigenvalue weighted by molar-refractivity contribution is 5.73. The minimum Gasteiger partial charge on any atom is -0.475 e. The lowest BCUT2D eigenvalue weighted by atomic mass is 10.1. The third-order valence-corrected chi connectivity index (χ3v) is 2.68. The molecule has 0 aromatic rings. The molecule has 136 valence electrons. The van der Waals surface area contributed by atoms with E-state index in [0.29, 0.717) is 6.04 Å². The Balaban J connectivity index is 0.000000322. The number of hydrogen-bond acceptors (Lipinski definition) is 4. The summed E-state index contributed by atoms with van der Waals surface area (Å²) in [6.45, 7) is 3.63. The van der Waals surface area contributed by atoms with Gasteiger partial charge in [-0.2, -0.15) is 26.3 Å². The first kappa shape index (κ1) is 21.4. The summed E-state index contributed by atoms with van der Waals surface area (Å²) in [4.78, 5) is 20.3. The maximum absolute atomic E-state index is 10.6. The van der Waals surface area contributed by atoms with E-state index < -0.39 is 24.3 Å². The zero-order valence-electron chi connectivity index (χ0n) is 11.7. The molecule has 0 aromatic heterocycles. The van der Waals surface area contributed by atoms with Crippen LogP contribution in [0.15, 0.2) is 0 Å². The SMILES string of the molecule is NC1CN(CC2CC2)C1.O=C(O)C(F)(F)F.O=C(O)C(F)(F)F. The van der Waals surface area contributed by atoms with Crippen LogP contribution < -0.4 is 5.73 Å². The lowest BCUT2D eigenvalue weighted by molar-refractivity contribution is -0.193. The monoisotopic (exact) mass is 354 g/mol. The van der Waals surface area contributed by atoms with Gasteiger partial charge in [0.2, 0.25) is 0 Å². The van der Waals surface area contributed by atoms with Crippen molar-refractivity contribution in [3.05, 3.63) is 0 Å². The van der Waals surface area contributed by atoms with Gasteiger partial charge in [-0.15, -0.1) is 0 Å². The number of nitrogens with zero attached hydrogens (tertiary/aromatic N) is 1. The smallest absolute Gasteiger partial charge is 0.475 e. The Labute approximate surface area is 126 Å². The van der Waals surface area contributed by atoms with Gasteiger partial charge in [0, 0.05) is 25.7 Å². The van der Waals surface area contributed by atoms with Crippen LogP contribution in [0.2, 0.25) is 0 Å². The molecule has 1 aliphatic carbocycles. The van der Waals surface area contributed by atoms with Gasteiger partial charge >= 0.3 is 24.3 Å². The minimum atomic E-state index is -5.08. The van der Waals surface area contributed by atoms with Gasteiger partial charge in [-0.3, -0.25) is 4.90 Å². The standard InChI is InChI=1S/C7H14N2.2C2HF3O2/c8-7-4-9(5-7)3-6-1-2-6;2*3-2(4,5)1(6)7/h6-7H,1-5,8H2;2*(H,6,7). The lowest BCUT2D eigenvalue weighted by Gasteiger charge is -2.36. The van der Waals surface area contributed by atoms with Crippen molar-refractivity contribution in [3.8, 4) is 0 Å². The third kappa shape index (κ3) is 10.7. The molecule has 12 heteroatoms. The second kappa shape index (κ2) is 8.34. The maximum atomic E-state index is 10.6. The number of nitrogens with two attached hydrogens (primary N) is 1. The highest BCUT2D eigenvalue weighted by Crippen LogP contribution is 2.30. The minimum absolute atomic E-state index is 0.490. The number of aliphatic carboxylic acids is 2. The van der Waals surface area contributed by atoms with Crippen molar-refractivity contribution in [2.75, 3.05) is 19.6 Å². The van der Waals surface area contributed by atoms with Crippen LogP contribution in [0.1, 0.15) is 12.8 Å². The highest BCUT2D eigenvalue weighted by atomic mass is 19.4. The molecule has 0 radical (unpaired) electrons. The summed E-state index contributed by atoms with van der Waals surface area (Å²) >= 11 is 0. The summed E-state index contributed by atoms with van der Waals surface area (Å²) in [5.74, 6) is -4.47. The van der Waals surface area contributed by atoms with Crippen molar-refractivity contribution in [1.29, 1.82) is 0 Å². The van der Waals surface area contributed by atoms with E-state index in [2.05, 4.69) is 4.90 Å². The van der Waals surface area contributed by atoms with Crippen LogP contribution in [0.5, 0.6) is 0 Å². The van der Waals surface area contributed by atoms with E-state index in [4.69, 9.17) is 25.5 Å². The van der Waals surface area contributed by atoms with Gasteiger partial charge in [0.1, 0.15) is 0 Å². The third-order valence-electron chi connectivity index (χ3n) is 2.68. The molecule has 0 spiro atoms.